The molecule has 0 radical (unpaired) electrons. The number of amides is 1. The molecule has 128 valence electrons. The predicted octanol–water partition coefficient (Wildman–Crippen LogP) is 2.78. The van der Waals surface area contributed by atoms with Crippen molar-refractivity contribution in [1.29, 1.82) is 0 Å². The van der Waals surface area contributed by atoms with Gasteiger partial charge in [-0.1, -0.05) is 35.6 Å². The summed E-state index contributed by atoms with van der Waals surface area (Å²) in [7, 11) is 1.26. The summed E-state index contributed by atoms with van der Waals surface area (Å²) in [5.74, 6) is -0.186. The van der Waals surface area contributed by atoms with Crippen molar-refractivity contribution in [3.8, 4) is 11.5 Å². The highest BCUT2D eigenvalue weighted by Gasteiger charge is 2.22. The van der Waals surface area contributed by atoms with Gasteiger partial charge in [0.1, 0.15) is 4.32 Å². The van der Waals surface area contributed by atoms with Crippen LogP contribution in [0, 0.1) is 0 Å². The van der Waals surface area contributed by atoms with Crippen molar-refractivity contribution in [3.63, 3.8) is 0 Å². The van der Waals surface area contributed by atoms with Crippen molar-refractivity contribution in [1.82, 2.24) is 5.32 Å². The first-order valence-corrected chi connectivity index (χ1v) is 8.45. The Bertz CT molecular complexity index is 720. The van der Waals surface area contributed by atoms with Gasteiger partial charge in [-0.2, -0.15) is 0 Å². The molecule has 2 rings (SSSR count). The summed E-state index contributed by atoms with van der Waals surface area (Å²) in [6, 6.07) is 3.28. The fourth-order valence-corrected chi connectivity index (χ4v) is 3.15. The van der Waals surface area contributed by atoms with E-state index < -0.39 is 5.97 Å². The average Bonchev–Trinajstić information content (AvgIpc) is 2.84. The Kier molecular flexibility index (Phi) is 6.47. The Hall–Kier alpha value is -1.77. The highest BCUT2D eigenvalue weighted by molar-refractivity contribution is 8.26. The Morgan fingerprint density at radius 3 is 2.75 bits per heavy atom. The number of hydrogen-bond donors (Lipinski definition) is 1. The lowest BCUT2D eigenvalue weighted by atomic mass is 10.2. The largest absolute Gasteiger partial charge is 0.490 e. The second-order valence-electron chi connectivity index (χ2n) is 4.48. The predicted molar refractivity (Wildman–Crippen MR) is 96.4 cm³/mol. The second-order valence-corrected chi connectivity index (χ2v) is 6.61. The summed E-state index contributed by atoms with van der Waals surface area (Å²) >= 11 is 12.3. The zero-order valence-corrected chi connectivity index (χ0v) is 15.3. The Balaban J connectivity index is 2.32. The molecule has 0 saturated carbocycles. The van der Waals surface area contributed by atoms with Crippen molar-refractivity contribution in [3.05, 3.63) is 27.6 Å². The van der Waals surface area contributed by atoms with Crippen LogP contribution in [0.1, 0.15) is 12.5 Å². The van der Waals surface area contributed by atoms with Crippen molar-refractivity contribution >= 4 is 57.9 Å². The molecule has 1 N–H and O–H groups in total. The third kappa shape index (κ3) is 4.62. The molecule has 1 aromatic carbocycles. The van der Waals surface area contributed by atoms with E-state index in [2.05, 4.69) is 10.1 Å². The molecule has 1 saturated heterocycles. The van der Waals surface area contributed by atoms with Crippen LogP contribution < -0.4 is 14.8 Å². The number of halogens is 1. The number of thiocarbonyl (C=S) groups is 1. The number of benzene rings is 1. The molecule has 0 spiro atoms. The highest BCUT2D eigenvalue weighted by atomic mass is 35.5. The molecular formula is C15H14ClNO5S2. The van der Waals surface area contributed by atoms with Crippen molar-refractivity contribution in [2.75, 3.05) is 20.3 Å². The molecular weight excluding hydrogens is 374 g/mol. The van der Waals surface area contributed by atoms with Gasteiger partial charge in [-0.25, -0.2) is 4.79 Å². The lowest BCUT2D eigenvalue weighted by molar-refractivity contribution is -0.142. The highest BCUT2D eigenvalue weighted by Crippen LogP contribution is 2.38. The molecule has 1 amide bonds. The maximum absolute atomic E-state index is 11.7. The summed E-state index contributed by atoms with van der Waals surface area (Å²) in [4.78, 5) is 23.4. The third-order valence-corrected chi connectivity index (χ3v) is 4.28. The van der Waals surface area contributed by atoms with E-state index in [1.807, 2.05) is 6.92 Å². The molecule has 9 heteroatoms. The minimum atomic E-state index is -0.535. The topological polar surface area (TPSA) is 73.9 Å². The summed E-state index contributed by atoms with van der Waals surface area (Å²) < 4.78 is 15.8. The van der Waals surface area contributed by atoms with E-state index in [0.717, 1.165) is 0 Å². The number of nitrogens with one attached hydrogen (secondary N) is 1. The monoisotopic (exact) mass is 387 g/mol. The fourth-order valence-electron chi connectivity index (χ4n) is 1.84. The Morgan fingerprint density at radius 2 is 2.17 bits per heavy atom. The molecule has 0 bridgehead atoms. The number of methoxy groups -OCH3 is 1. The molecule has 0 atom stereocenters. The Morgan fingerprint density at radius 1 is 1.42 bits per heavy atom. The van der Waals surface area contributed by atoms with E-state index in [9.17, 15) is 9.59 Å². The first-order valence-electron chi connectivity index (χ1n) is 6.85. The van der Waals surface area contributed by atoms with Crippen LogP contribution in [-0.2, 0) is 14.3 Å². The van der Waals surface area contributed by atoms with Gasteiger partial charge < -0.3 is 19.5 Å². The van der Waals surface area contributed by atoms with E-state index in [0.29, 0.717) is 27.1 Å². The third-order valence-electron chi connectivity index (χ3n) is 2.83. The SMILES string of the molecule is CCOc1cc(C=C2SC(=S)NC2=O)cc(Cl)c1OCC(=O)OC. The lowest BCUT2D eigenvalue weighted by Crippen LogP contribution is -2.17. The van der Waals surface area contributed by atoms with Crippen LogP contribution in [0.15, 0.2) is 17.0 Å². The molecule has 0 unspecified atom stereocenters. The number of carbonyl (C=O) groups excluding carboxylic acids is 2. The molecule has 1 aliphatic heterocycles. The summed E-state index contributed by atoms with van der Waals surface area (Å²) in [6.07, 6.45) is 1.65. The van der Waals surface area contributed by atoms with Crippen LogP contribution in [-0.4, -0.2) is 36.5 Å². The molecule has 1 aliphatic rings. The smallest absolute Gasteiger partial charge is 0.343 e. The van der Waals surface area contributed by atoms with Crippen LogP contribution >= 0.6 is 35.6 Å². The van der Waals surface area contributed by atoms with E-state index in [1.54, 1.807) is 18.2 Å². The number of esters is 1. The lowest BCUT2D eigenvalue weighted by Gasteiger charge is -2.14. The van der Waals surface area contributed by atoms with Gasteiger partial charge in [-0.3, -0.25) is 4.79 Å². The van der Waals surface area contributed by atoms with E-state index in [4.69, 9.17) is 33.3 Å². The van der Waals surface area contributed by atoms with Crippen molar-refractivity contribution in [2.45, 2.75) is 6.92 Å². The zero-order chi connectivity index (χ0) is 17.7. The van der Waals surface area contributed by atoms with Gasteiger partial charge in [0, 0.05) is 0 Å². The molecule has 1 aromatic rings. The van der Waals surface area contributed by atoms with E-state index in [1.165, 1.54) is 18.9 Å². The molecule has 1 fully saturated rings. The second kappa shape index (κ2) is 8.36. The van der Waals surface area contributed by atoms with Gasteiger partial charge in [0.05, 0.1) is 23.6 Å². The first-order chi connectivity index (χ1) is 11.4. The van der Waals surface area contributed by atoms with Crippen molar-refractivity contribution in [2.24, 2.45) is 0 Å². The molecule has 0 aliphatic carbocycles. The van der Waals surface area contributed by atoms with Crippen LogP contribution in [0.4, 0.5) is 0 Å². The fraction of sp³-hybridized carbons (Fsp3) is 0.267. The quantitative estimate of drug-likeness (QED) is 0.457. The maximum Gasteiger partial charge on any atom is 0.343 e. The van der Waals surface area contributed by atoms with E-state index >= 15 is 0 Å². The van der Waals surface area contributed by atoms with Gasteiger partial charge >= 0.3 is 5.97 Å². The normalized spacial score (nSPS) is 15.4. The van der Waals surface area contributed by atoms with Crippen LogP contribution in [0.25, 0.3) is 6.08 Å². The van der Waals surface area contributed by atoms with Gasteiger partial charge in [0.15, 0.2) is 18.1 Å². The number of thioether (sulfide) groups is 1. The zero-order valence-electron chi connectivity index (χ0n) is 12.9. The van der Waals surface area contributed by atoms with Gasteiger partial charge in [-0.15, -0.1) is 0 Å². The molecule has 0 aromatic heterocycles. The van der Waals surface area contributed by atoms with Gasteiger partial charge in [0.2, 0.25) is 0 Å². The van der Waals surface area contributed by atoms with Gasteiger partial charge in [-0.05, 0) is 30.7 Å². The number of carbonyl (C=O) groups is 2. The number of ether oxygens (including phenoxy) is 3. The molecule has 1 heterocycles. The standard InChI is InChI=1S/C15H14ClNO5S2/c1-3-21-10-5-8(6-11-14(19)17-15(23)24-11)4-9(16)13(10)22-7-12(18)20-2/h4-6H,3,7H2,1-2H3,(H,17,19,23). The number of rotatable bonds is 6. The molecule has 24 heavy (non-hydrogen) atoms. The number of hydrogen-bond acceptors (Lipinski definition) is 7. The van der Waals surface area contributed by atoms with Gasteiger partial charge in [0.25, 0.3) is 5.91 Å². The van der Waals surface area contributed by atoms with Crippen LogP contribution in [0.5, 0.6) is 11.5 Å². The first kappa shape index (κ1) is 18.6. The minimum absolute atomic E-state index is 0.241. The maximum atomic E-state index is 11.7. The summed E-state index contributed by atoms with van der Waals surface area (Å²) in [6.45, 7) is 1.90. The Labute approximate surface area is 153 Å². The van der Waals surface area contributed by atoms with Crippen LogP contribution in [0.2, 0.25) is 5.02 Å². The summed E-state index contributed by atoms with van der Waals surface area (Å²) in [5, 5.41) is 2.79. The van der Waals surface area contributed by atoms with Crippen LogP contribution in [0.3, 0.4) is 0 Å². The molecule has 6 nitrogen and oxygen atoms in total. The van der Waals surface area contributed by atoms with E-state index in [-0.39, 0.29) is 23.3 Å². The van der Waals surface area contributed by atoms with Crippen molar-refractivity contribution < 1.29 is 23.8 Å². The summed E-state index contributed by atoms with van der Waals surface area (Å²) in [5.41, 5.74) is 0.649. The average molecular weight is 388 g/mol. The minimum Gasteiger partial charge on any atom is -0.490 e.